The van der Waals surface area contributed by atoms with E-state index >= 15 is 0 Å². The molecule has 0 saturated carbocycles. The highest BCUT2D eigenvalue weighted by molar-refractivity contribution is 7.17. The van der Waals surface area contributed by atoms with Crippen LogP contribution in [0.1, 0.15) is 49.5 Å². The Balaban J connectivity index is 1.81. The van der Waals surface area contributed by atoms with Crippen molar-refractivity contribution in [1.82, 2.24) is 14.6 Å². The van der Waals surface area contributed by atoms with E-state index in [1.165, 1.54) is 34.8 Å². The number of halogens is 1. The summed E-state index contributed by atoms with van der Waals surface area (Å²) in [5, 5.41) is 15.3. The van der Waals surface area contributed by atoms with Crippen LogP contribution in [0.15, 0.2) is 24.3 Å². The topological polar surface area (TPSA) is 54.9 Å². The minimum absolute atomic E-state index is 0.0469. The first-order valence-electron chi connectivity index (χ1n) is 9.63. The summed E-state index contributed by atoms with van der Waals surface area (Å²) in [6, 6.07) is 6.63. The quantitative estimate of drug-likeness (QED) is 0.721. The molecule has 1 aliphatic rings. The van der Waals surface area contributed by atoms with Crippen LogP contribution < -0.4 is 4.90 Å². The Kier molecular flexibility index (Phi) is 4.90. The molecule has 0 aliphatic carbocycles. The van der Waals surface area contributed by atoms with Gasteiger partial charge in [-0.1, -0.05) is 32.1 Å². The Hall–Kier alpha value is -1.99. The average Bonchev–Trinajstić information content (AvgIpc) is 3.16. The van der Waals surface area contributed by atoms with Gasteiger partial charge in [-0.15, -0.1) is 5.10 Å². The summed E-state index contributed by atoms with van der Waals surface area (Å²) in [6.45, 7) is 8.62. The van der Waals surface area contributed by atoms with Gasteiger partial charge in [0.05, 0.1) is 13.1 Å². The fourth-order valence-corrected chi connectivity index (χ4v) is 5.58. The highest BCUT2D eigenvalue weighted by Crippen LogP contribution is 2.35. The van der Waals surface area contributed by atoms with Crippen LogP contribution in [0.25, 0.3) is 4.96 Å². The smallest absolute Gasteiger partial charge is 0.235 e. The first-order valence-corrected chi connectivity index (χ1v) is 10.4. The zero-order chi connectivity index (χ0) is 19.1. The number of hydrogen-bond acceptors (Lipinski definition) is 4. The van der Waals surface area contributed by atoms with Crippen molar-refractivity contribution in [2.75, 3.05) is 13.1 Å². The Labute approximate surface area is 162 Å². The Morgan fingerprint density at radius 3 is 2.52 bits per heavy atom. The number of aryl methyl sites for hydroxylation is 1. The van der Waals surface area contributed by atoms with Gasteiger partial charge in [-0.05, 0) is 30.7 Å². The SMILES string of the molecule is CCc1nc2sc([C@@H](c3ccc(F)cc3)[NH+]3C[C@@H](C)C[C@H](C)C3)c(O)n2n1. The van der Waals surface area contributed by atoms with Crippen LogP contribution in [0.3, 0.4) is 0 Å². The fraction of sp³-hybridized carbons (Fsp3) is 0.500. The largest absolute Gasteiger partial charge is 0.492 e. The number of aromatic hydroxyl groups is 1. The normalized spacial score (nSPS) is 24.4. The molecule has 3 aromatic rings. The molecule has 0 unspecified atom stereocenters. The predicted molar refractivity (Wildman–Crippen MR) is 104 cm³/mol. The van der Waals surface area contributed by atoms with Crippen molar-refractivity contribution in [2.45, 2.75) is 39.7 Å². The number of rotatable bonds is 4. The second kappa shape index (κ2) is 7.20. The van der Waals surface area contributed by atoms with Crippen molar-refractivity contribution in [2.24, 2.45) is 11.8 Å². The fourth-order valence-electron chi connectivity index (χ4n) is 4.42. The number of likely N-dealkylation sites (tertiary alicyclic amines) is 1. The molecular formula is C20H26FN4OS+. The van der Waals surface area contributed by atoms with Gasteiger partial charge in [-0.2, -0.15) is 4.52 Å². The lowest BCUT2D eigenvalue weighted by Gasteiger charge is -2.37. The van der Waals surface area contributed by atoms with Gasteiger partial charge in [0, 0.05) is 23.8 Å². The van der Waals surface area contributed by atoms with E-state index in [0.29, 0.717) is 16.8 Å². The monoisotopic (exact) mass is 389 g/mol. The van der Waals surface area contributed by atoms with E-state index in [1.807, 2.05) is 19.1 Å². The number of hydrogen-bond donors (Lipinski definition) is 2. The molecule has 0 spiro atoms. The summed E-state index contributed by atoms with van der Waals surface area (Å²) in [4.78, 5) is 7.49. The van der Waals surface area contributed by atoms with Crippen LogP contribution in [0, 0.1) is 17.7 Å². The number of piperidine rings is 1. The maximum atomic E-state index is 13.5. The molecular weight excluding hydrogens is 363 g/mol. The molecule has 5 nitrogen and oxygen atoms in total. The van der Waals surface area contributed by atoms with Gasteiger partial charge in [-0.3, -0.25) is 0 Å². The molecule has 7 heteroatoms. The first-order chi connectivity index (χ1) is 13.0. The summed E-state index contributed by atoms with van der Waals surface area (Å²) >= 11 is 1.49. The summed E-state index contributed by atoms with van der Waals surface area (Å²) in [6.07, 6.45) is 1.96. The van der Waals surface area contributed by atoms with Crippen LogP contribution in [0.4, 0.5) is 4.39 Å². The van der Waals surface area contributed by atoms with E-state index < -0.39 is 0 Å². The second-order valence-electron chi connectivity index (χ2n) is 7.86. The van der Waals surface area contributed by atoms with Crippen molar-refractivity contribution < 1.29 is 14.4 Å². The molecule has 1 aliphatic heterocycles. The first kappa shape index (κ1) is 18.4. The molecule has 3 atom stereocenters. The molecule has 2 N–H and O–H groups in total. The van der Waals surface area contributed by atoms with E-state index in [1.54, 1.807) is 4.52 Å². The van der Waals surface area contributed by atoms with E-state index in [4.69, 9.17) is 0 Å². The standard InChI is InChI=1S/C20H25FN4OS/c1-4-16-22-20-25(23-16)19(26)18(27-20)17(14-5-7-15(21)8-6-14)24-10-12(2)9-13(3)11-24/h5-8,12-13,17,26H,4,9-11H2,1-3H3/p+1/t12-,13-,17+/m0/s1. The van der Waals surface area contributed by atoms with Gasteiger partial charge in [0.25, 0.3) is 0 Å². The Morgan fingerprint density at radius 1 is 1.26 bits per heavy atom. The summed E-state index contributed by atoms with van der Waals surface area (Å²) in [5.41, 5.74) is 1.02. The zero-order valence-corrected chi connectivity index (χ0v) is 16.8. The zero-order valence-electron chi connectivity index (χ0n) is 15.9. The number of benzene rings is 1. The predicted octanol–water partition coefficient (Wildman–Crippen LogP) is 2.85. The number of fused-ring (bicyclic) bond motifs is 1. The van der Waals surface area contributed by atoms with Crippen LogP contribution in [0.5, 0.6) is 5.88 Å². The highest BCUT2D eigenvalue weighted by Gasteiger charge is 2.37. The van der Waals surface area contributed by atoms with Crippen LogP contribution in [-0.2, 0) is 6.42 Å². The van der Waals surface area contributed by atoms with E-state index in [2.05, 4.69) is 23.9 Å². The van der Waals surface area contributed by atoms with Crippen LogP contribution in [-0.4, -0.2) is 32.8 Å². The summed E-state index contributed by atoms with van der Waals surface area (Å²) < 4.78 is 15.1. The van der Waals surface area contributed by atoms with Gasteiger partial charge in [0.1, 0.15) is 10.7 Å². The van der Waals surface area contributed by atoms with Crippen molar-refractivity contribution in [3.63, 3.8) is 0 Å². The van der Waals surface area contributed by atoms with Gasteiger partial charge in [0.2, 0.25) is 10.8 Å². The molecule has 1 aromatic carbocycles. The summed E-state index contributed by atoms with van der Waals surface area (Å²) in [7, 11) is 0. The van der Waals surface area contributed by atoms with Crippen LogP contribution >= 0.6 is 11.3 Å². The Morgan fingerprint density at radius 2 is 1.93 bits per heavy atom. The number of nitrogens with one attached hydrogen (secondary N) is 1. The molecule has 27 heavy (non-hydrogen) atoms. The summed E-state index contributed by atoms with van der Waals surface area (Å²) in [5.74, 6) is 1.88. The van der Waals surface area contributed by atoms with Gasteiger partial charge >= 0.3 is 0 Å². The molecule has 4 rings (SSSR count). The third-order valence-corrected chi connectivity index (χ3v) is 6.54. The lowest BCUT2D eigenvalue weighted by Crippen LogP contribution is -3.14. The third-order valence-electron chi connectivity index (χ3n) is 5.46. The number of aromatic nitrogens is 3. The second-order valence-corrected chi connectivity index (χ2v) is 8.87. The van der Waals surface area contributed by atoms with Gasteiger partial charge < -0.3 is 10.0 Å². The van der Waals surface area contributed by atoms with Crippen molar-refractivity contribution in [1.29, 1.82) is 0 Å². The highest BCUT2D eigenvalue weighted by atomic mass is 32.1. The molecule has 2 aromatic heterocycles. The van der Waals surface area contributed by atoms with E-state index in [0.717, 1.165) is 35.8 Å². The van der Waals surface area contributed by atoms with Crippen molar-refractivity contribution >= 4 is 16.3 Å². The molecule has 1 fully saturated rings. The maximum Gasteiger partial charge on any atom is 0.235 e. The minimum atomic E-state index is -0.243. The number of quaternary nitrogens is 1. The molecule has 0 amide bonds. The average molecular weight is 390 g/mol. The lowest BCUT2D eigenvalue weighted by atomic mass is 9.89. The lowest BCUT2D eigenvalue weighted by molar-refractivity contribution is -0.936. The van der Waals surface area contributed by atoms with Crippen molar-refractivity contribution in [3.8, 4) is 5.88 Å². The van der Waals surface area contributed by atoms with E-state index in [9.17, 15) is 9.50 Å². The van der Waals surface area contributed by atoms with Gasteiger partial charge in [-0.25, -0.2) is 9.37 Å². The Bertz CT molecular complexity index is 926. The van der Waals surface area contributed by atoms with Gasteiger partial charge in [0.15, 0.2) is 11.9 Å². The molecule has 0 radical (unpaired) electrons. The third kappa shape index (κ3) is 3.46. The molecule has 3 heterocycles. The van der Waals surface area contributed by atoms with Crippen molar-refractivity contribution in [3.05, 3.63) is 46.3 Å². The molecule has 144 valence electrons. The number of thiazole rings is 1. The van der Waals surface area contributed by atoms with E-state index in [-0.39, 0.29) is 17.7 Å². The molecule has 1 saturated heterocycles. The maximum absolute atomic E-state index is 13.5. The number of nitrogens with zero attached hydrogens (tertiary/aromatic N) is 3. The van der Waals surface area contributed by atoms with Crippen LogP contribution in [0.2, 0.25) is 0 Å². The molecule has 0 bridgehead atoms. The minimum Gasteiger partial charge on any atom is -0.492 e.